The summed E-state index contributed by atoms with van der Waals surface area (Å²) in [6.07, 6.45) is -5.60. The van der Waals surface area contributed by atoms with Crippen molar-refractivity contribution in [2.75, 3.05) is 13.2 Å². The van der Waals surface area contributed by atoms with Gasteiger partial charge in [0.15, 0.2) is 0 Å². The van der Waals surface area contributed by atoms with Gasteiger partial charge >= 0.3 is 0 Å². The number of nitrogens with two attached hydrogens (primary N) is 1. The predicted octanol–water partition coefficient (Wildman–Crippen LogP) is 0.760. The minimum Gasteiger partial charge on any atom is -0.486 e. The van der Waals surface area contributed by atoms with Crippen LogP contribution in [0.2, 0.25) is 5.02 Å². The summed E-state index contributed by atoms with van der Waals surface area (Å²) in [4.78, 5) is 0. The van der Waals surface area contributed by atoms with Crippen LogP contribution in [-0.2, 0) is 11.2 Å². The van der Waals surface area contributed by atoms with Gasteiger partial charge in [0.25, 0.3) is 0 Å². The number of hydrogen-bond acceptors (Lipinski definition) is 7. The van der Waals surface area contributed by atoms with Gasteiger partial charge in [-0.15, -0.1) is 0 Å². The average molecular weight is 437 g/mol. The fourth-order valence-corrected chi connectivity index (χ4v) is 3.55. The Kier molecular flexibility index (Phi) is 7.30. The molecule has 8 nitrogen and oxygen atoms in total. The van der Waals surface area contributed by atoms with E-state index in [1.54, 1.807) is 30.3 Å². The zero-order valence-corrected chi connectivity index (χ0v) is 16.9. The van der Waals surface area contributed by atoms with Crippen molar-refractivity contribution < 1.29 is 29.9 Å². The third kappa shape index (κ3) is 5.10. The lowest BCUT2D eigenvalue weighted by atomic mass is 9.90. The Balaban J connectivity index is 1.77. The number of nitrogens with one attached hydrogen (secondary N) is 1. The van der Waals surface area contributed by atoms with E-state index in [1.807, 2.05) is 12.1 Å². The normalized spacial score (nSPS) is 26.4. The van der Waals surface area contributed by atoms with E-state index in [0.29, 0.717) is 22.8 Å². The minimum atomic E-state index is -1.44. The van der Waals surface area contributed by atoms with Gasteiger partial charge in [0.2, 0.25) is 0 Å². The summed E-state index contributed by atoms with van der Waals surface area (Å²) in [7, 11) is 0. The van der Waals surface area contributed by atoms with Gasteiger partial charge in [-0.05, 0) is 41.3 Å². The number of aliphatic hydroxyl groups excluding tert-OH is 4. The van der Waals surface area contributed by atoms with Gasteiger partial charge in [0.05, 0.1) is 6.61 Å². The predicted molar refractivity (Wildman–Crippen MR) is 111 cm³/mol. The topological polar surface area (TPSA) is 149 Å². The van der Waals surface area contributed by atoms with Crippen molar-refractivity contribution in [3.8, 4) is 5.75 Å². The molecule has 1 heterocycles. The van der Waals surface area contributed by atoms with Crippen molar-refractivity contribution in [1.29, 1.82) is 5.41 Å². The van der Waals surface area contributed by atoms with Crippen LogP contribution in [0.25, 0.3) is 0 Å². The maximum atomic E-state index is 10.4. The molecule has 2 aromatic carbocycles. The standard InChI is InChI=1S/C21H25ClN2O6/c22-15-6-3-12(21-20(28)19(27)18(26)16(9-25)30-21)8-13(15)7-11-1-4-14(5-2-11)29-10-17(23)24/h1-6,8,16,18-21,25-28H,7,9-10H2,(H3,23,24)/t16-,18-,19+,20-,21+/m1/s1. The largest absolute Gasteiger partial charge is 0.486 e. The molecule has 0 saturated carbocycles. The molecule has 1 fully saturated rings. The van der Waals surface area contributed by atoms with Crippen molar-refractivity contribution >= 4 is 17.4 Å². The van der Waals surface area contributed by atoms with E-state index >= 15 is 0 Å². The van der Waals surface area contributed by atoms with Gasteiger partial charge in [0, 0.05) is 5.02 Å². The monoisotopic (exact) mass is 436 g/mol. The fourth-order valence-electron chi connectivity index (χ4n) is 3.37. The summed E-state index contributed by atoms with van der Waals surface area (Å²) in [5.74, 6) is 0.533. The fraction of sp³-hybridized carbons (Fsp3) is 0.381. The van der Waals surface area contributed by atoms with Crippen LogP contribution in [0, 0.1) is 5.41 Å². The Hall–Kier alpha value is -2.20. The van der Waals surface area contributed by atoms with Crippen LogP contribution in [-0.4, -0.2) is 63.9 Å². The molecule has 1 saturated heterocycles. The molecule has 3 rings (SSSR count). The van der Waals surface area contributed by atoms with Gasteiger partial charge in [-0.25, -0.2) is 0 Å². The van der Waals surface area contributed by atoms with E-state index in [4.69, 9.17) is 32.2 Å². The minimum absolute atomic E-state index is 0.0202. The average Bonchev–Trinajstić information content (AvgIpc) is 2.73. The molecule has 1 aliphatic heterocycles. The maximum Gasteiger partial charge on any atom is 0.145 e. The second-order valence-electron chi connectivity index (χ2n) is 7.23. The maximum absolute atomic E-state index is 10.4. The first-order valence-corrected chi connectivity index (χ1v) is 9.81. The summed E-state index contributed by atoms with van der Waals surface area (Å²) < 4.78 is 11.0. The summed E-state index contributed by atoms with van der Waals surface area (Å²) in [5, 5.41) is 47.5. The van der Waals surface area contributed by atoms with E-state index in [9.17, 15) is 20.4 Å². The van der Waals surface area contributed by atoms with Crippen LogP contribution in [0.4, 0.5) is 0 Å². The number of rotatable bonds is 7. The van der Waals surface area contributed by atoms with Crippen LogP contribution < -0.4 is 10.5 Å². The third-order valence-electron chi connectivity index (χ3n) is 5.00. The van der Waals surface area contributed by atoms with E-state index in [0.717, 1.165) is 11.1 Å². The van der Waals surface area contributed by atoms with E-state index in [2.05, 4.69) is 0 Å². The number of halogens is 1. The van der Waals surface area contributed by atoms with E-state index < -0.39 is 37.1 Å². The van der Waals surface area contributed by atoms with Crippen molar-refractivity contribution in [2.45, 2.75) is 36.9 Å². The Labute approximate surface area is 178 Å². The van der Waals surface area contributed by atoms with Gasteiger partial charge < -0.3 is 35.6 Å². The second kappa shape index (κ2) is 9.74. The molecule has 0 aromatic heterocycles. The molecule has 0 amide bonds. The van der Waals surface area contributed by atoms with Crippen LogP contribution in [0.3, 0.4) is 0 Å². The molecule has 30 heavy (non-hydrogen) atoms. The molecule has 0 aliphatic carbocycles. The van der Waals surface area contributed by atoms with Crippen molar-refractivity contribution in [1.82, 2.24) is 0 Å². The van der Waals surface area contributed by atoms with Crippen LogP contribution >= 0.6 is 11.6 Å². The summed E-state index contributed by atoms with van der Waals surface area (Å²) >= 11 is 6.35. The molecule has 0 unspecified atom stereocenters. The SMILES string of the molecule is N=C(N)COc1ccc(Cc2cc([C@@H]3O[C@H](CO)[C@@H](O)[C@H](O)[C@H]3O)ccc2Cl)cc1. The number of benzene rings is 2. The molecule has 0 spiro atoms. The van der Waals surface area contributed by atoms with Gasteiger partial charge in [-0.3, -0.25) is 5.41 Å². The Morgan fingerprint density at radius 1 is 1.07 bits per heavy atom. The lowest BCUT2D eigenvalue weighted by Crippen LogP contribution is -2.55. The molecular formula is C21H25ClN2O6. The van der Waals surface area contributed by atoms with Crippen molar-refractivity contribution in [3.05, 3.63) is 64.2 Å². The molecule has 7 N–H and O–H groups in total. The number of ether oxygens (including phenoxy) is 2. The first-order valence-electron chi connectivity index (χ1n) is 9.43. The Morgan fingerprint density at radius 2 is 1.77 bits per heavy atom. The number of hydrogen-bond donors (Lipinski definition) is 6. The zero-order chi connectivity index (χ0) is 21.8. The van der Waals surface area contributed by atoms with Gasteiger partial charge in [-0.1, -0.05) is 35.9 Å². The van der Waals surface area contributed by atoms with Crippen molar-refractivity contribution in [2.24, 2.45) is 5.73 Å². The van der Waals surface area contributed by atoms with E-state index in [1.165, 1.54) is 0 Å². The highest BCUT2D eigenvalue weighted by molar-refractivity contribution is 6.31. The van der Waals surface area contributed by atoms with Crippen molar-refractivity contribution in [3.63, 3.8) is 0 Å². The zero-order valence-electron chi connectivity index (χ0n) is 16.1. The van der Waals surface area contributed by atoms with Gasteiger partial charge in [0.1, 0.15) is 48.7 Å². The third-order valence-corrected chi connectivity index (χ3v) is 5.37. The molecule has 2 aromatic rings. The summed E-state index contributed by atoms with van der Waals surface area (Å²) in [6, 6.07) is 12.4. The number of amidine groups is 1. The smallest absolute Gasteiger partial charge is 0.145 e. The molecule has 0 radical (unpaired) electrons. The Bertz CT molecular complexity index is 876. The van der Waals surface area contributed by atoms with Crippen LogP contribution in [0.1, 0.15) is 22.8 Å². The molecule has 162 valence electrons. The lowest BCUT2D eigenvalue weighted by molar-refractivity contribution is -0.231. The molecule has 1 aliphatic rings. The highest BCUT2D eigenvalue weighted by Gasteiger charge is 2.44. The highest BCUT2D eigenvalue weighted by atomic mass is 35.5. The molecular weight excluding hydrogens is 412 g/mol. The van der Waals surface area contributed by atoms with Crippen LogP contribution in [0.15, 0.2) is 42.5 Å². The molecule has 0 bridgehead atoms. The van der Waals surface area contributed by atoms with E-state index in [-0.39, 0.29) is 12.4 Å². The highest BCUT2D eigenvalue weighted by Crippen LogP contribution is 2.34. The van der Waals surface area contributed by atoms with Gasteiger partial charge in [-0.2, -0.15) is 0 Å². The first-order chi connectivity index (χ1) is 14.3. The molecule has 9 heteroatoms. The van der Waals surface area contributed by atoms with Crippen LogP contribution in [0.5, 0.6) is 5.75 Å². The first kappa shape index (κ1) is 22.5. The quantitative estimate of drug-likeness (QED) is 0.277. The Morgan fingerprint density at radius 3 is 2.40 bits per heavy atom. The summed E-state index contributed by atoms with van der Waals surface area (Å²) in [5.41, 5.74) is 7.59. The second-order valence-corrected chi connectivity index (χ2v) is 7.64. The summed E-state index contributed by atoms with van der Waals surface area (Å²) in [6.45, 7) is -0.466. The molecule has 5 atom stereocenters. The number of aliphatic hydroxyl groups is 4. The lowest BCUT2D eigenvalue weighted by Gasteiger charge is -2.40.